The van der Waals surface area contributed by atoms with Crippen molar-refractivity contribution in [2.45, 2.75) is 71.3 Å². The number of halogens is 1. The summed E-state index contributed by atoms with van der Waals surface area (Å²) in [4.78, 5) is 59.4. The summed E-state index contributed by atoms with van der Waals surface area (Å²) in [7, 11) is 0. The molecule has 4 rings (SSSR count). The van der Waals surface area contributed by atoms with E-state index in [0.717, 1.165) is 35.1 Å². The molecule has 0 N–H and O–H groups in total. The molecule has 2 atom stereocenters. The summed E-state index contributed by atoms with van der Waals surface area (Å²) < 4.78 is 17.1. The summed E-state index contributed by atoms with van der Waals surface area (Å²) in [6, 6.07) is 15.3. The Morgan fingerprint density at radius 3 is 2.38 bits per heavy atom. The zero-order valence-corrected chi connectivity index (χ0v) is 32.5. The number of aromatic nitrogens is 6. The van der Waals surface area contributed by atoms with Crippen molar-refractivity contribution in [2.24, 2.45) is 0 Å². The molecule has 2 aromatic carbocycles. The first-order valence-corrected chi connectivity index (χ1v) is 16.2. The van der Waals surface area contributed by atoms with E-state index < -0.39 is 41.3 Å². The number of unbranched alkanes of at least 4 members (excludes halogenated alkanes) is 2. The molecule has 1 unspecified atom stereocenters. The topological polar surface area (TPSA) is 237 Å². The molecule has 0 spiro atoms. The quantitative estimate of drug-likeness (QED) is 0.0312. The molecule has 19 nitrogen and oxygen atoms in total. The largest absolute Gasteiger partial charge is 1.00 e. The van der Waals surface area contributed by atoms with Crippen LogP contribution < -0.4 is 56.5 Å². The zero-order valence-electron chi connectivity index (χ0n) is 28.6. The molecule has 0 bridgehead atoms. The molecule has 2 aromatic heterocycles. The van der Waals surface area contributed by atoms with E-state index in [2.05, 4.69) is 35.3 Å². The van der Waals surface area contributed by atoms with Crippen LogP contribution >= 0.6 is 11.6 Å². The van der Waals surface area contributed by atoms with Gasteiger partial charge in [0.05, 0.1) is 6.61 Å². The fourth-order valence-corrected chi connectivity index (χ4v) is 5.25. The third kappa shape index (κ3) is 12.8. The van der Waals surface area contributed by atoms with Crippen LogP contribution in [0.3, 0.4) is 0 Å². The molecule has 0 amide bonds. The average molecular weight is 769 g/mol. The first-order valence-electron chi connectivity index (χ1n) is 15.8. The number of imidazole rings is 1. The Labute approximate surface area is 344 Å². The molecule has 2 heterocycles. The summed E-state index contributed by atoms with van der Waals surface area (Å²) in [5.74, 6) is 0.126. The second-order valence-electron chi connectivity index (χ2n) is 11.0. The van der Waals surface area contributed by atoms with Crippen LogP contribution in [0.15, 0.2) is 48.5 Å². The Kier molecular flexibility index (Phi) is 17.3. The standard InChI is InChI=1S/C31H34ClN8O11.K/c1-3-4-12-26-33-28(32)27(30(41)49-20(2)50-31(42)47-17-8-7-9-23(51-40(45)46)19-48-39(43)44)38(26)18-21-13-15-22(16-14-21)24-10-5-6-11-25(24)29-34-36-37-35-29;/h5-6,10-11,13-16,20,23H,3-4,7-9,12,17-19H2,1-2H3;/q-1;+1/t20?,23-;/m1./s1. The minimum atomic E-state index is -1.36. The van der Waals surface area contributed by atoms with Gasteiger partial charge in [-0.1, -0.05) is 73.5 Å². The van der Waals surface area contributed by atoms with Crippen LogP contribution in [0, 0.1) is 20.2 Å². The number of carbonyl (C=O) groups excluding carboxylic acids is 2. The predicted octanol–water partition coefficient (Wildman–Crippen LogP) is 2.02. The van der Waals surface area contributed by atoms with E-state index in [-0.39, 0.29) is 94.6 Å². The monoisotopic (exact) mass is 768 g/mol. The molecule has 0 aliphatic carbocycles. The Morgan fingerprint density at radius 1 is 1.00 bits per heavy atom. The van der Waals surface area contributed by atoms with Crippen LogP contribution in [-0.4, -0.2) is 73.0 Å². The van der Waals surface area contributed by atoms with Gasteiger partial charge in [0.25, 0.3) is 10.2 Å². The summed E-state index contributed by atoms with van der Waals surface area (Å²) in [5.41, 5.74) is 3.41. The van der Waals surface area contributed by atoms with E-state index in [0.29, 0.717) is 18.1 Å². The van der Waals surface area contributed by atoms with Gasteiger partial charge < -0.3 is 33.6 Å². The van der Waals surface area contributed by atoms with Crippen molar-refractivity contribution >= 4 is 23.7 Å². The minimum absolute atomic E-state index is 0. The van der Waals surface area contributed by atoms with Gasteiger partial charge in [-0.15, -0.1) is 20.2 Å². The van der Waals surface area contributed by atoms with Crippen molar-refractivity contribution in [3.8, 4) is 22.5 Å². The number of rotatable bonds is 20. The molecule has 4 aromatic rings. The van der Waals surface area contributed by atoms with Crippen molar-refractivity contribution in [2.75, 3.05) is 13.2 Å². The van der Waals surface area contributed by atoms with Crippen LogP contribution in [0.1, 0.15) is 67.8 Å². The Bertz CT molecular complexity index is 1780. The van der Waals surface area contributed by atoms with Gasteiger partial charge in [0.15, 0.2) is 10.8 Å². The number of esters is 1. The van der Waals surface area contributed by atoms with Crippen LogP contribution in [0.5, 0.6) is 0 Å². The van der Waals surface area contributed by atoms with Crippen molar-refractivity contribution in [3.05, 3.63) is 91.0 Å². The molecule has 52 heavy (non-hydrogen) atoms. The maximum Gasteiger partial charge on any atom is 1.00 e. The number of nitrogens with zero attached hydrogens (tertiary/aromatic N) is 8. The fraction of sp³-hybridized carbons (Fsp3) is 0.419. The number of tetrazole rings is 1. The van der Waals surface area contributed by atoms with Gasteiger partial charge >= 0.3 is 63.5 Å². The van der Waals surface area contributed by atoms with Crippen molar-refractivity contribution in [1.29, 1.82) is 0 Å². The van der Waals surface area contributed by atoms with Crippen molar-refractivity contribution < 1.29 is 95.0 Å². The van der Waals surface area contributed by atoms with E-state index in [1.807, 2.05) is 55.5 Å². The van der Waals surface area contributed by atoms with Crippen LogP contribution in [0.4, 0.5) is 4.79 Å². The summed E-state index contributed by atoms with van der Waals surface area (Å²) in [6.45, 7) is 2.81. The Morgan fingerprint density at radius 2 is 1.73 bits per heavy atom. The minimum Gasteiger partial charge on any atom is -0.434 e. The van der Waals surface area contributed by atoms with Gasteiger partial charge in [0.1, 0.15) is 18.5 Å². The summed E-state index contributed by atoms with van der Waals surface area (Å²) >= 11 is 6.46. The number of hydrogen-bond donors (Lipinski definition) is 0. The maximum atomic E-state index is 13.3. The third-order valence-electron chi connectivity index (χ3n) is 7.32. The molecule has 0 saturated carbocycles. The molecular weight excluding hydrogens is 735 g/mol. The molecule has 0 aliphatic rings. The van der Waals surface area contributed by atoms with E-state index in [1.165, 1.54) is 6.92 Å². The molecule has 0 saturated heterocycles. The number of benzene rings is 2. The average Bonchev–Trinajstić information content (AvgIpc) is 3.74. The van der Waals surface area contributed by atoms with E-state index in [1.54, 1.807) is 4.57 Å². The third-order valence-corrected chi connectivity index (χ3v) is 7.58. The van der Waals surface area contributed by atoms with Crippen molar-refractivity contribution in [3.63, 3.8) is 0 Å². The summed E-state index contributed by atoms with van der Waals surface area (Å²) in [5, 5.41) is 33.8. The fourth-order valence-electron chi connectivity index (χ4n) is 4.97. The predicted molar refractivity (Wildman–Crippen MR) is 175 cm³/mol. The van der Waals surface area contributed by atoms with Crippen LogP contribution in [0.25, 0.3) is 22.5 Å². The van der Waals surface area contributed by atoms with E-state index in [4.69, 9.17) is 25.8 Å². The van der Waals surface area contributed by atoms with Crippen LogP contribution in [0.2, 0.25) is 5.15 Å². The Hall–Kier alpha value is -4.21. The summed E-state index contributed by atoms with van der Waals surface area (Å²) in [6.07, 6.45) is -0.951. The first kappa shape index (κ1) is 42.2. The van der Waals surface area contributed by atoms with Gasteiger partial charge in [-0.25, -0.2) is 14.6 Å². The van der Waals surface area contributed by atoms with Gasteiger partial charge in [-0.3, -0.25) is 10.3 Å². The van der Waals surface area contributed by atoms with Gasteiger partial charge in [0, 0.05) is 25.7 Å². The van der Waals surface area contributed by atoms with Crippen LogP contribution in [-0.2, 0) is 36.9 Å². The SMILES string of the molecule is CCCCc1nc(Cl)c(C(=O)OC(C)OC(=O)OCCCC[C@H](CO[N+](=O)[O-])O[N+](=O)[O-])n1Cc1ccc(-c2ccccc2-c2nnn[n-]2)cc1.[K+]. The molecule has 0 aliphatic heterocycles. The smallest absolute Gasteiger partial charge is 0.434 e. The van der Waals surface area contributed by atoms with Gasteiger partial charge in [-0.05, 0) is 47.9 Å². The normalized spacial score (nSPS) is 11.8. The van der Waals surface area contributed by atoms with Gasteiger partial charge in [-0.2, -0.15) is 5.21 Å². The number of aryl methyl sites for hydroxylation is 1. The molecule has 0 radical (unpaired) electrons. The second kappa shape index (κ2) is 21.3. The molecule has 21 heteroatoms. The van der Waals surface area contributed by atoms with Gasteiger partial charge in [0.2, 0.25) is 6.29 Å². The molecular formula is C31H34ClKN8O11. The number of carbonyl (C=O) groups is 2. The van der Waals surface area contributed by atoms with Crippen molar-refractivity contribution in [1.82, 2.24) is 30.2 Å². The number of ether oxygens (including phenoxy) is 3. The molecule has 272 valence electrons. The number of hydrogen-bond acceptors (Lipinski definition) is 15. The second-order valence-corrected chi connectivity index (χ2v) is 11.3. The first-order chi connectivity index (χ1) is 24.5. The maximum absolute atomic E-state index is 13.3. The zero-order chi connectivity index (χ0) is 36.8. The van der Waals surface area contributed by atoms with E-state index >= 15 is 0 Å². The molecule has 0 fully saturated rings. The van der Waals surface area contributed by atoms with E-state index in [9.17, 15) is 29.8 Å². The Balaban J connectivity index is 0.00000729.